The zero-order valence-electron chi connectivity index (χ0n) is 8.71. The standard InChI is InChI=1S/C9H9F4NO3/c1-5(8(15)16)3-6(10)7(14-2)17-4-9(11,12)13/h3H,2,4H2,1H3,(H,15,16)/b5-3+,7-6-. The zero-order valence-corrected chi connectivity index (χ0v) is 8.71. The van der Waals surface area contributed by atoms with Crippen LogP contribution < -0.4 is 0 Å². The molecule has 0 aromatic carbocycles. The van der Waals surface area contributed by atoms with Gasteiger partial charge in [-0.25, -0.2) is 14.2 Å². The minimum absolute atomic E-state index is 0.417. The fraction of sp³-hybridized carbons (Fsp3) is 0.333. The second-order valence-corrected chi connectivity index (χ2v) is 2.85. The van der Waals surface area contributed by atoms with Crippen LogP contribution in [0.1, 0.15) is 6.92 Å². The van der Waals surface area contributed by atoms with Crippen LogP contribution in [-0.4, -0.2) is 30.6 Å². The van der Waals surface area contributed by atoms with E-state index in [1.807, 2.05) is 0 Å². The molecule has 17 heavy (non-hydrogen) atoms. The van der Waals surface area contributed by atoms with Gasteiger partial charge in [-0.05, 0) is 19.7 Å². The highest BCUT2D eigenvalue weighted by Crippen LogP contribution is 2.19. The molecule has 0 rings (SSSR count). The van der Waals surface area contributed by atoms with Crippen molar-refractivity contribution in [1.82, 2.24) is 0 Å². The van der Waals surface area contributed by atoms with Gasteiger partial charge < -0.3 is 9.84 Å². The quantitative estimate of drug-likeness (QED) is 0.270. The van der Waals surface area contributed by atoms with Crippen LogP contribution in [0.5, 0.6) is 0 Å². The SMILES string of the molecule is C=N/C(OCC(F)(F)F)=C(F)\C=C(/C)C(=O)O. The Morgan fingerprint density at radius 2 is 2.06 bits per heavy atom. The van der Waals surface area contributed by atoms with Crippen LogP contribution >= 0.6 is 0 Å². The van der Waals surface area contributed by atoms with Crippen LogP contribution in [-0.2, 0) is 9.53 Å². The van der Waals surface area contributed by atoms with Gasteiger partial charge in [0.2, 0.25) is 5.88 Å². The van der Waals surface area contributed by atoms with Gasteiger partial charge in [0.25, 0.3) is 0 Å². The number of hydrogen-bond donors (Lipinski definition) is 1. The number of carboxylic acids is 1. The molecule has 0 saturated carbocycles. The molecule has 0 atom stereocenters. The summed E-state index contributed by atoms with van der Waals surface area (Å²) in [6, 6.07) is 0. The number of aliphatic imine (C=N–C) groups is 1. The Hall–Kier alpha value is -1.86. The van der Waals surface area contributed by atoms with E-state index in [4.69, 9.17) is 5.11 Å². The molecule has 8 heteroatoms. The molecular formula is C9H9F4NO3. The van der Waals surface area contributed by atoms with Crippen molar-refractivity contribution in [2.75, 3.05) is 6.61 Å². The van der Waals surface area contributed by atoms with Crippen molar-refractivity contribution >= 4 is 12.7 Å². The van der Waals surface area contributed by atoms with Crippen LogP contribution in [0.2, 0.25) is 0 Å². The lowest BCUT2D eigenvalue weighted by Gasteiger charge is -2.08. The molecule has 4 nitrogen and oxygen atoms in total. The maximum atomic E-state index is 13.2. The zero-order chi connectivity index (χ0) is 13.6. The van der Waals surface area contributed by atoms with Crippen molar-refractivity contribution in [2.24, 2.45) is 4.99 Å². The Morgan fingerprint density at radius 1 is 1.53 bits per heavy atom. The first-order chi connectivity index (χ1) is 7.67. The van der Waals surface area contributed by atoms with Gasteiger partial charge in [-0.3, -0.25) is 0 Å². The maximum absolute atomic E-state index is 13.2. The van der Waals surface area contributed by atoms with Gasteiger partial charge >= 0.3 is 12.1 Å². The molecular weight excluding hydrogens is 246 g/mol. The lowest BCUT2D eigenvalue weighted by Crippen LogP contribution is -2.16. The third kappa shape index (κ3) is 6.33. The van der Waals surface area contributed by atoms with Crippen molar-refractivity contribution in [3.63, 3.8) is 0 Å². The molecule has 0 aromatic rings. The highest BCUT2D eigenvalue weighted by molar-refractivity contribution is 5.86. The molecule has 0 bridgehead atoms. The summed E-state index contributed by atoms with van der Waals surface area (Å²) in [6.07, 6.45) is -4.16. The minimum atomic E-state index is -4.65. The summed E-state index contributed by atoms with van der Waals surface area (Å²) in [7, 11) is 0. The molecule has 0 radical (unpaired) electrons. The third-order valence-electron chi connectivity index (χ3n) is 1.40. The molecule has 1 N–H and O–H groups in total. The normalized spacial score (nSPS) is 14.1. The number of nitrogens with zero attached hydrogens (tertiary/aromatic N) is 1. The summed E-state index contributed by atoms with van der Waals surface area (Å²) in [4.78, 5) is 13.2. The lowest BCUT2D eigenvalue weighted by atomic mass is 10.3. The van der Waals surface area contributed by atoms with E-state index in [0.29, 0.717) is 6.08 Å². The van der Waals surface area contributed by atoms with E-state index in [0.717, 1.165) is 6.92 Å². The van der Waals surface area contributed by atoms with Crippen molar-refractivity contribution in [2.45, 2.75) is 13.1 Å². The average molecular weight is 255 g/mol. The Morgan fingerprint density at radius 3 is 2.41 bits per heavy atom. The molecule has 96 valence electrons. The number of aliphatic carboxylic acids is 1. The molecule has 0 spiro atoms. The van der Waals surface area contributed by atoms with Gasteiger partial charge in [-0.15, -0.1) is 0 Å². The van der Waals surface area contributed by atoms with Gasteiger partial charge in [-0.1, -0.05) is 0 Å². The molecule has 0 amide bonds. The molecule has 0 aliphatic rings. The summed E-state index contributed by atoms with van der Waals surface area (Å²) < 4.78 is 52.5. The third-order valence-corrected chi connectivity index (χ3v) is 1.40. The average Bonchev–Trinajstić information content (AvgIpc) is 2.16. The minimum Gasteiger partial charge on any atom is -0.478 e. The lowest BCUT2D eigenvalue weighted by molar-refractivity contribution is -0.165. The Kier molecular flexibility index (Phi) is 5.36. The number of hydrogen-bond acceptors (Lipinski definition) is 3. The highest BCUT2D eigenvalue weighted by atomic mass is 19.4. The van der Waals surface area contributed by atoms with Crippen LogP contribution in [0.15, 0.2) is 28.4 Å². The monoisotopic (exact) mass is 255 g/mol. The summed E-state index contributed by atoms with van der Waals surface area (Å²) in [5, 5.41) is 8.42. The molecule has 0 aliphatic carbocycles. The Bertz CT molecular complexity index is 371. The number of carbonyl (C=O) groups is 1. The van der Waals surface area contributed by atoms with Crippen molar-refractivity contribution < 1.29 is 32.2 Å². The van der Waals surface area contributed by atoms with Crippen molar-refractivity contribution in [1.29, 1.82) is 0 Å². The molecule has 0 unspecified atom stereocenters. The predicted octanol–water partition coefficient (Wildman–Crippen LogP) is 2.44. The molecule has 0 fully saturated rings. The fourth-order valence-corrected chi connectivity index (χ4v) is 0.654. The maximum Gasteiger partial charge on any atom is 0.422 e. The number of allylic oxidation sites excluding steroid dienone is 2. The van der Waals surface area contributed by atoms with Crippen molar-refractivity contribution in [3.05, 3.63) is 23.4 Å². The van der Waals surface area contributed by atoms with E-state index in [-0.39, 0.29) is 0 Å². The first-order valence-electron chi connectivity index (χ1n) is 4.15. The van der Waals surface area contributed by atoms with E-state index in [1.165, 1.54) is 0 Å². The number of carboxylic acid groups (broad SMARTS) is 1. The smallest absolute Gasteiger partial charge is 0.422 e. The van der Waals surface area contributed by atoms with Gasteiger partial charge in [0.05, 0.1) is 0 Å². The molecule has 0 aromatic heterocycles. The predicted molar refractivity (Wildman–Crippen MR) is 51.1 cm³/mol. The molecule has 0 heterocycles. The fourth-order valence-electron chi connectivity index (χ4n) is 0.654. The van der Waals surface area contributed by atoms with E-state index in [1.54, 1.807) is 0 Å². The second kappa shape index (κ2) is 6.02. The number of ether oxygens (including phenoxy) is 1. The number of rotatable bonds is 5. The van der Waals surface area contributed by atoms with Gasteiger partial charge in [0.1, 0.15) is 0 Å². The van der Waals surface area contributed by atoms with E-state index in [2.05, 4.69) is 16.4 Å². The first kappa shape index (κ1) is 15.1. The molecule has 0 aliphatic heterocycles. The summed E-state index contributed by atoms with van der Waals surface area (Å²) in [6.45, 7) is 2.14. The highest BCUT2D eigenvalue weighted by Gasteiger charge is 2.29. The topological polar surface area (TPSA) is 58.9 Å². The first-order valence-corrected chi connectivity index (χ1v) is 4.15. The number of alkyl halides is 3. The van der Waals surface area contributed by atoms with Gasteiger partial charge in [-0.2, -0.15) is 13.2 Å². The second-order valence-electron chi connectivity index (χ2n) is 2.85. The Labute approximate surface area is 93.9 Å². The van der Waals surface area contributed by atoms with Crippen LogP contribution in [0, 0.1) is 0 Å². The van der Waals surface area contributed by atoms with Crippen LogP contribution in [0.25, 0.3) is 0 Å². The van der Waals surface area contributed by atoms with Gasteiger partial charge in [0.15, 0.2) is 12.4 Å². The van der Waals surface area contributed by atoms with E-state index >= 15 is 0 Å². The van der Waals surface area contributed by atoms with E-state index < -0.39 is 36.0 Å². The van der Waals surface area contributed by atoms with Crippen molar-refractivity contribution in [3.8, 4) is 0 Å². The summed E-state index contributed by atoms with van der Waals surface area (Å²) in [5.41, 5.74) is -0.417. The van der Waals surface area contributed by atoms with Gasteiger partial charge in [0, 0.05) is 5.57 Å². The summed E-state index contributed by atoms with van der Waals surface area (Å²) >= 11 is 0. The van der Waals surface area contributed by atoms with E-state index in [9.17, 15) is 22.4 Å². The largest absolute Gasteiger partial charge is 0.478 e. The molecule has 0 saturated heterocycles. The number of halogens is 4. The summed E-state index contributed by atoms with van der Waals surface area (Å²) in [5.74, 6) is -3.77. The van der Waals surface area contributed by atoms with Crippen LogP contribution in [0.4, 0.5) is 17.6 Å². The Balaban J connectivity index is 4.89. The van der Waals surface area contributed by atoms with Crippen LogP contribution in [0.3, 0.4) is 0 Å².